The Bertz CT molecular complexity index is 1170. The summed E-state index contributed by atoms with van der Waals surface area (Å²) in [5.41, 5.74) is 0.547. The number of hydrogen-bond donors (Lipinski definition) is 1. The third-order valence-corrected chi connectivity index (χ3v) is 8.22. The van der Waals surface area contributed by atoms with Crippen molar-refractivity contribution in [2.24, 2.45) is 0 Å². The second-order valence-corrected chi connectivity index (χ2v) is 10.9. The van der Waals surface area contributed by atoms with Crippen molar-refractivity contribution in [1.29, 1.82) is 0 Å². The number of rotatable bonds is 7. The van der Waals surface area contributed by atoms with E-state index in [1.807, 2.05) is 0 Å². The number of halogens is 1. The maximum Gasteiger partial charge on any atom is 0.240 e. The molecule has 3 aromatic rings. The van der Waals surface area contributed by atoms with Crippen molar-refractivity contribution in [1.82, 2.24) is 9.71 Å². The van der Waals surface area contributed by atoms with Crippen LogP contribution in [0.3, 0.4) is 0 Å². The number of nitrogens with zero attached hydrogens (tertiary/aromatic N) is 1. The van der Waals surface area contributed by atoms with Crippen LogP contribution < -0.4 is 4.72 Å². The predicted molar refractivity (Wildman–Crippen MR) is 103 cm³/mol. The van der Waals surface area contributed by atoms with Crippen LogP contribution in [0.2, 0.25) is 0 Å². The molecule has 0 spiro atoms. The van der Waals surface area contributed by atoms with Gasteiger partial charge in [-0.1, -0.05) is 6.92 Å². The van der Waals surface area contributed by atoms with Crippen LogP contribution >= 0.6 is 11.3 Å². The summed E-state index contributed by atoms with van der Waals surface area (Å²) in [6.07, 6.45) is 0.364. The lowest BCUT2D eigenvalue weighted by Crippen LogP contribution is -2.26. The molecule has 0 fully saturated rings. The quantitative estimate of drug-likeness (QED) is 0.625. The lowest BCUT2D eigenvalue weighted by molar-refractivity contribution is 0.580. The summed E-state index contributed by atoms with van der Waals surface area (Å²) in [6, 6.07) is 9.45. The molecule has 2 aromatic carbocycles. The molecule has 144 valence electrons. The summed E-state index contributed by atoms with van der Waals surface area (Å²) >= 11 is 1.38. The number of thiazole rings is 1. The van der Waals surface area contributed by atoms with Gasteiger partial charge in [0.1, 0.15) is 5.82 Å². The fourth-order valence-electron chi connectivity index (χ4n) is 2.42. The van der Waals surface area contributed by atoms with Gasteiger partial charge in [0.05, 0.1) is 30.8 Å². The van der Waals surface area contributed by atoms with Crippen LogP contribution in [0.5, 0.6) is 0 Å². The van der Waals surface area contributed by atoms with E-state index in [-0.39, 0.29) is 27.9 Å². The largest absolute Gasteiger partial charge is 0.241 e. The fourth-order valence-corrected chi connectivity index (χ4v) is 5.29. The van der Waals surface area contributed by atoms with Crippen molar-refractivity contribution in [3.05, 3.63) is 53.3 Å². The Kier molecular flexibility index (Phi) is 5.61. The molecule has 1 aromatic heterocycles. The zero-order valence-electron chi connectivity index (χ0n) is 14.3. The average molecular weight is 429 g/mol. The minimum absolute atomic E-state index is 0.0103. The Morgan fingerprint density at radius 3 is 2.37 bits per heavy atom. The Balaban J connectivity index is 1.67. The van der Waals surface area contributed by atoms with Gasteiger partial charge in [-0.05, 0) is 36.4 Å². The van der Waals surface area contributed by atoms with Gasteiger partial charge in [0.2, 0.25) is 10.0 Å². The van der Waals surface area contributed by atoms with E-state index in [0.29, 0.717) is 16.9 Å². The molecule has 1 heterocycles. The summed E-state index contributed by atoms with van der Waals surface area (Å²) in [4.78, 5) is 4.37. The van der Waals surface area contributed by atoms with Gasteiger partial charge >= 0.3 is 0 Å². The Labute approximate surface area is 161 Å². The van der Waals surface area contributed by atoms with Gasteiger partial charge in [0.15, 0.2) is 9.84 Å². The lowest BCUT2D eigenvalue weighted by atomic mass is 10.3. The molecule has 0 amide bonds. The Morgan fingerprint density at radius 2 is 1.70 bits per heavy atom. The van der Waals surface area contributed by atoms with Crippen molar-refractivity contribution in [3.63, 3.8) is 0 Å². The summed E-state index contributed by atoms with van der Waals surface area (Å²) in [5, 5.41) is 0.697. The van der Waals surface area contributed by atoms with Crippen LogP contribution in [0.1, 0.15) is 11.9 Å². The van der Waals surface area contributed by atoms with Gasteiger partial charge in [-0.15, -0.1) is 11.3 Å². The summed E-state index contributed by atoms with van der Waals surface area (Å²) in [7, 11) is -7.14. The van der Waals surface area contributed by atoms with Crippen LogP contribution in [0, 0.1) is 5.82 Å². The SMILES string of the molecule is CCS(=O)(=O)c1ccc(S(=O)(=O)NCCc2nc3cc(F)ccc3s2)cc1. The Hall–Kier alpha value is -1.88. The van der Waals surface area contributed by atoms with Gasteiger partial charge in [0, 0.05) is 19.0 Å². The van der Waals surface area contributed by atoms with Crippen molar-refractivity contribution in [2.45, 2.75) is 23.1 Å². The molecule has 0 saturated carbocycles. The lowest BCUT2D eigenvalue weighted by Gasteiger charge is -2.07. The molecule has 10 heteroatoms. The van der Waals surface area contributed by atoms with Gasteiger partial charge in [-0.3, -0.25) is 0 Å². The molecule has 0 bridgehead atoms. The number of sulfonamides is 1. The Morgan fingerprint density at radius 1 is 1.04 bits per heavy atom. The zero-order valence-corrected chi connectivity index (χ0v) is 16.8. The monoisotopic (exact) mass is 428 g/mol. The van der Waals surface area contributed by atoms with Crippen LogP contribution in [0.15, 0.2) is 52.3 Å². The molecule has 3 rings (SSSR count). The third kappa shape index (κ3) is 4.52. The molecule has 0 saturated heterocycles. The molecular weight excluding hydrogens is 411 g/mol. The first-order valence-electron chi connectivity index (χ1n) is 8.09. The fraction of sp³-hybridized carbons (Fsp3) is 0.235. The van der Waals surface area contributed by atoms with Crippen molar-refractivity contribution < 1.29 is 21.2 Å². The zero-order chi connectivity index (χ0) is 19.7. The van der Waals surface area contributed by atoms with E-state index in [0.717, 1.165) is 4.70 Å². The highest BCUT2D eigenvalue weighted by Crippen LogP contribution is 2.23. The van der Waals surface area contributed by atoms with Gasteiger partial charge in [-0.25, -0.2) is 30.9 Å². The third-order valence-electron chi connectivity index (χ3n) is 3.90. The molecule has 0 atom stereocenters. The predicted octanol–water partition coefficient (Wildman–Crippen LogP) is 2.75. The molecule has 0 aliphatic carbocycles. The minimum atomic E-state index is -3.76. The topological polar surface area (TPSA) is 93.2 Å². The van der Waals surface area contributed by atoms with E-state index in [1.165, 1.54) is 54.7 Å². The second kappa shape index (κ2) is 7.63. The second-order valence-electron chi connectivity index (χ2n) is 5.74. The molecule has 0 radical (unpaired) electrons. The normalized spacial score (nSPS) is 12.5. The first kappa shape index (κ1) is 19.9. The molecule has 27 heavy (non-hydrogen) atoms. The van der Waals surface area contributed by atoms with Gasteiger partial charge < -0.3 is 0 Å². The number of benzene rings is 2. The number of nitrogens with one attached hydrogen (secondary N) is 1. The number of fused-ring (bicyclic) bond motifs is 1. The molecule has 1 N–H and O–H groups in total. The van der Waals surface area contributed by atoms with E-state index < -0.39 is 19.9 Å². The highest BCUT2D eigenvalue weighted by molar-refractivity contribution is 7.91. The molecule has 0 aliphatic rings. The molecule has 0 aliphatic heterocycles. The van der Waals surface area contributed by atoms with Gasteiger partial charge in [0.25, 0.3) is 0 Å². The number of sulfone groups is 1. The number of hydrogen-bond acceptors (Lipinski definition) is 6. The van der Waals surface area contributed by atoms with Crippen molar-refractivity contribution >= 4 is 41.4 Å². The summed E-state index contributed by atoms with van der Waals surface area (Å²) in [6.45, 7) is 1.65. The smallest absolute Gasteiger partial charge is 0.240 e. The summed E-state index contributed by atoms with van der Waals surface area (Å²) in [5.74, 6) is -0.419. The summed E-state index contributed by atoms with van der Waals surface area (Å²) < 4.78 is 64.8. The standard InChI is InChI=1S/C17H17FN2O4S3/c1-2-26(21,22)13-4-6-14(7-5-13)27(23,24)19-10-9-17-20-15-11-12(18)3-8-16(15)25-17/h3-8,11,19H,2,9-10H2,1H3. The maximum atomic E-state index is 13.2. The average Bonchev–Trinajstić information content (AvgIpc) is 3.03. The highest BCUT2D eigenvalue weighted by atomic mass is 32.2. The minimum Gasteiger partial charge on any atom is -0.241 e. The van der Waals surface area contributed by atoms with E-state index in [1.54, 1.807) is 6.07 Å². The van der Waals surface area contributed by atoms with E-state index in [4.69, 9.17) is 0 Å². The first-order chi connectivity index (χ1) is 12.7. The van der Waals surface area contributed by atoms with Crippen LogP contribution in [0.4, 0.5) is 4.39 Å². The first-order valence-corrected chi connectivity index (χ1v) is 12.0. The van der Waals surface area contributed by atoms with Crippen LogP contribution in [-0.4, -0.2) is 34.1 Å². The van der Waals surface area contributed by atoms with Crippen molar-refractivity contribution in [2.75, 3.05) is 12.3 Å². The highest BCUT2D eigenvalue weighted by Gasteiger charge is 2.17. The van der Waals surface area contributed by atoms with Gasteiger partial charge in [-0.2, -0.15) is 0 Å². The molecular formula is C17H17FN2O4S3. The van der Waals surface area contributed by atoms with E-state index in [9.17, 15) is 21.2 Å². The number of aromatic nitrogens is 1. The molecule has 6 nitrogen and oxygen atoms in total. The van der Waals surface area contributed by atoms with Crippen LogP contribution in [0.25, 0.3) is 10.2 Å². The molecule has 0 unspecified atom stereocenters. The van der Waals surface area contributed by atoms with Crippen LogP contribution in [-0.2, 0) is 26.3 Å². The van der Waals surface area contributed by atoms with E-state index in [2.05, 4.69) is 9.71 Å². The van der Waals surface area contributed by atoms with E-state index >= 15 is 0 Å². The maximum absolute atomic E-state index is 13.2. The van der Waals surface area contributed by atoms with Crippen molar-refractivity contribution in [3.8, 4) is 0 Å².